The molecular formula is C6H13N5O5. The summed E-state index contributed by atoms with van der Waals surface area (Å²) in [4.78, 5) is 19.4. The Morgan fingerprint density at radius 2 is 1.38 bits per heavy atom. The van der Waals surface area contributed by atoms with E-state index in [2.05, 4.69) is 16.1 Å². The summed E-state index contributed by atoms with van der Waals surface area (Å²) in [5, 5.41) is 29.1. The molecular weight excluding hydrogens is 222 g/mol. The first-order valence-electron chi connectivity index (χ1n) is 3.75. The van der Waals surface area contributed by atoms with Crippen molar-refractivity contribution >= 4 is 23.6 Å². The normalized spacial score (nSPS) is 11.2. The molecule has 0 heterocycles. The van der Waals surface area contributed by atoms with Gasteiger partial charge in [-0.05, 0) is 0 Å². The fourth-order valence-electron chi connectivity index (χ4n) is 0.391. The zero-order chi connectivity index (χ0) is 13.1. The number of carbonyl (C=O) groups is 2. The minimum absolute atomic E-state index is 0.0718. The number of oxime groups is 1. The van der Waals surface area contributed by atoms with Crippen molar-refractivity contribution in [2.75, 3.05) is 0 Å². The summed E-state index contributed by atoms with van der Waals surface area (Å²) in [7, 11) is 0. The molecule has 9 N–H and O–H groups in total. The van der Waals surface area contributed by atoms with Crippen LogP contribution in [0, 0.1) is 0 Å². The van der Waals surface area contributed by atoms with Gasteiger partial charge in [-0.3, -0.25) is 9.59 Å². The first-order chi connectivity index (χ1) is 7.33. The average Bonchev–Trinajstić information content (AvgIpc) is 2.16. The Morgan fingerprint density at radius 1 is 1.00 bits per heavy atom. The van der Waals surface area contributed by atoms with Crippen molar-refractivity contribution in [1.82, 2.24) is 0 Å². The summed E-state index contributed by atoms with van der Waals surface area (Å²) in [5.74, 6) is 2.11. The zero-order valence-corrected chi connectivity index (χ0v) is 8.20. The van der Waals surface area contributed by atoms with Crippen LogP contribution < -0.4 is 17.3 Å². The molecule has 0 aromatic carbocycles. The highest BCUT2D eigenvalue weighted by atomic mass is 16.4. The van der Waals surface area contributed by atoms with Gasteiger partial charge >= 0.3 is 11.9 Å². The van der Waals surface area contributed by atoms with Crippen LogP contribution in [0.25, 0.3) is 0 Å². The standard InChI is InChI=1S/C3H7N3O2.C3H6N2O3/c4-2(6-5)1-3(7)8;4-2(5-8)1-3(6)7/h1,5H2,(H2,4,6)(H,7,8);8H,1H2,(H2,4,5)(H,6,7). The highest BCUT2D eigenvalue weighted by Crippen LogP contribution is 1.76. The van der Waals surface area contributed by atoms with E-state index in [0.29, 0.717) is 0 Å². The number of nitrogens with zero attached hydrogens (tertiary/aromatic N) is 2. The van der Waals surface area contributed by atoms with Crippen molar-refractivity contribution < 1.29 is 25.0 Å². The van der Waals surface area contributed by atoms with Crippen LogP contribution >= 0.6 is 0 Å². The number of hydrogen-bond acceptors (Lipinski definition) is 6. The summed E-state index contributed by atoms with van der Waals surface area (Å²) >= 11 is 0. The third-order valence-corrected chi connectivity index (χ3v) is 0.959. The Labute approximate surface area is 90.0 Å². The van der Waals surface area contributed by atoms with Gasteiger partial charge in [0.1, 0.15) is 24.5 Å². The lowest BCUT2D eigenvalue weighted by molar-refractivity contribution is -0.136. The van der Waals surface area contributed by atoms with Crippen LogP contribution in [0.4, 0.5) is 0 Å². The van der Waals surface area contributed by atoms with Crippen LogP contribution in [0.3, 0.4) is 0 Å². The van der Waals surface area contributed by atoms with Gasteiger partial charge in [0.15, 0.2) is 0 Å². The second kappa shape index (κ2) is 9.05. The maximum Gasteiger partial charge on any atom is 0.311 e. The molecule has 0 amide bonds. The minimum atomic E-state index is -1.11. The molecule has 0 unspecified atom stereocenters. The van der Waals surface area contributed by atoms with Crippen LogP contribution in [0.15, 0.2) is 10.3 Å². The number of hydrazone groups is 1. The fourth-order valence-corrected chi connectivity index (χ4v) is 0.391. The molecule has 0 aliphatic carbocycles. The van der Waals surface area contributed by atoms with Gasteiger partial charge in [-0.1, -0.05) is 5.16 Å². The van der Waals surface area contributed by atoms with Gasteiger partial charge in [0, 0.05) is 0 Å². The lowest BCUT2D eigenvalue weighted by Crippen LogP contribution is -2.18. The third-order valence-electron chi connectivity index (χ3n) is 0.959. The van der Waals surface area contributed by atoms with Gasteiger partial charge in [-0.2, -0.15) is 5.10 Å². The first kappa shape index (κ1) is 15.9. The van der Waals surface area contributed by atoms with E-state index in [4.69, 9.17) is 26.9 Å². The highest BCUT2D eigenvalue weighted by molar-refractivity contribution is 5.95. The zero-order valence-electron chi connectivity index (χ0n) is 8.20. The number of hydrogen-bond donors (Lipinski definition) is 6. The van der Waals surface area contributed by atoms with Gasteiger partial charge in [0.25, 0.3) is 0 Å². The Bertz CT molecular complexity index is 270. The largest absolute Gasteiger partial charge is 0.481 e. The molecule has 10 heteroatoms. The van der Waals surface area contributed by atoms with Crippen LogP contribution in [-0.2, 0) is 9.59 Å². The average molecular weight is 235 g/mol. The van der Waals surface area contributed by atoms with Gasteiger partial charge < -0.3 is 32.7 Å². The van der Waals surface area contributed by atoms with E-state index < -0.39 is 18.4 Å². The molecule has 0 spiro atoms. The van der Waals surface area contributed by atoms with E-state index in [-0.39, 0.29) is 18.1 Å². The van der Waals surface area contributed by atoms with Crippen molar-refractivity contribution in [1.29, 1.82) is 0 Å². The SMILES string of the molecule is N/C(CC(=O)O)=N/O.N/N=C(\N)CC(=O)O. The predicted octanol–water partition coefficient (Wildman–Crippen LogP) is -2.10. The van der Waals surface area contributed by atoms with Crippen LogP contribution in [0.5, 0.6) is 0 Å². The summed E-state index contributed by atoms with van der Waals surface area (Å²) < 4.78 is 0. The lowest BCUT2D eigenvalue weighted by Gasteiger charge is -1.88. The van der Waals surface area contributed by atoms with Crippen molar-refractivity contribution in [3.05, 3.63) is 0 Å². The van der Waals surface area contributed by atoms with Crippen LogP contribution in [0.1, 0.15) is 12.8 Å². The fraction of sp³-hybridized carbons (Fsp3) is 0.333. The number of carboxylic acids is 2. The Hall–Kier alpha value is -2.52. The van der Waals surface area contributed by atoms with Crippen LogP contribution in [0.2, 0.25) is 0 Å². The molecule has 0 aromatic rings. The van der Waals surface area contributed by atoms with Crippen molar-refractivity contribution in [3.63, 3.8) is 0 Å². The van der Waals surface area contributed by atoms with Gasteiger partial charge in [-0.15, -0.1) is 0 Å². The molecule has 0 saturated carbocycles. The van der Waals surface area contributed by atoms with Gasteiger partial charge in [0.05, 0.1) is 0 Å². The van der Waals surface area contributed by atoms with E-state index >= 15 is 0 Å². The molecule has 0 saturated heterocycles. The second-order valence-corrected chi connectivity index (χ2v) is 2.35. The molecule has 0 aromatic heterocycles. The second-order valence-electron chi connectivity index (χ2n) is 2.35. The molecule has 10 nitrogen and oxygen atoms in total. The van der Waals surface area contributed by atoms with Crippen LogP contribution in [-0.4, -0.2) is 39.0 Å². The summed E-state index contributed by atoms with van der Waals surface area (Å²) in [6, 6.07) is 0. The molecule has 0 atom stereocenters. The molecule has 0 radical (unpaired) electrons. The summed E-state index contributed by atoms with van der Waals surface area (Å²) in [6.45, 7) is 0. The van der Waals surface area contributed by atoms with Crippen molar-refractivity contribution in [2.45, 2.75) is 12.8 Å². The Balaban J connectivity index is 0. The minimum Gasteiger partial charge on any atom is -0.481 e. The predicted molar refractivity (Wildman–Crippen MR) is 53.7 cm³/mol. The molecule has 0 bridgehead atoms. The highest BCUT2D eigenvalue weighted by Gasteiger charge is 1.99. The number of rotatable bonds is 4. The van der Waals surface area contributed by atoms with E-state index in [1.165, 1.54) is 0 Å². The Kier molecular flexibility index (Phi) is 9.01. The number of aliphatic carboxylic acids is 2. The maximum atomic E-state index is 9.75. The van der Waals surface area contributed by atoms with Gasteiger partial charge in [-0.25, -0.2) is 0 Å². The smallest absolute Gasteiger partial charge is 0.311 e. The quantitative estimate of drug-likeness (QED) is 0.104. The molecule has 92 valence electrons. The van der Waals surface area contributed by atoms with Crippen molar-refractivity contribution in [2.24, 2.45) is 27.6 Å². The first-order valence-corrected chi connectivity index (χ1v) is 3.75. The molecule has 0 fully saturated rings. The summed E-state index contributed by atoms with van der Waals surface area (Å²) in [5.41, 5.74) is 9.71. The van der Waals surface area contributed by atoms with Gasteiger partial charge in [0.2, 0.25) is 0 Å². The molecule has 0 aliphatic heterocycles. The maximum absolute atomic E-state index is 9.75. The number of nitrogens with two attached hydrogens (primary N) is 3. The molecule has 0 rings (SSSR count). The van der Waals surface area contributed by atoms with Crippen molar-refractivity contribution in [3.8, 4) is 0 Å². The third kappa shape index (κ3) is 14.0. The van der Waals surface area contributed by atoms with E-state index in [1.807, 2.05) is 0 Å². The molecule has 16 heavy (non-hydrogen) atoms. The Morgan fingerprint density at radius 3 is 1.50 bits per heavy atom. The van der Waals surface area contributed by atoms with E-state index in [0.717, 1.165) is 0 Å². The van der Waals surface area contributed by atoms with E-state index in [9.17, 15) is 9.59 Å². The van der Waals surface area contributed by atoms with E-state index in [1.54, 1.807) is 0 Å². The molecule has 0 aliphatic rings. The summed E-state index contributed by atoms with van der Waals surface area (Å²) in [6.07, 6.45) is -0.715. The number of amidine groups is 2. The topological polar surface area (TPSA) is 198 Å². The monoisotopic (exact) mass is 235 g/mol. The lowest BCUT2D eigenvalue weighted by atomic mass is 10.4. The number of carboxylic acid groups (broad SMARTS) is 2.